The Morgan fingerprint density at radius 2 is 2.17 bits per heavy atom. The van der Waals surface area contributed by atoms with Crippen molar-refractivity contribution >= 4 is 17.8 Å². The van der Waals surface area contributed by atoms with Crippen molar-refractivity contribution in [2.24, 2.45) is 28.2 Å². The van der Waals surface area contributed by atoms with Gasteiger partial charge < -0.3 is 5.11 Å². The molecule has 0 saturated heterocycles. The van der Waals surface area contributed by atoms with Crippen LogP contribution in [0.3, 0.4) is 0 Å². The van der Waals surface area contributed by atoms with Crippen molar-refractivity contribution in [3.05, 3.63) is 36.3 Å². The van der Waals surface area contributed by atoms with Gasteiger partial charge in [0.05, 0.1) is 11.8 Å². The Balaban J connectivity index is 1.38. The first-order valence-corrected chi connectivity index (χ1v) is 10.6. The summed E-state index contributed by atoms with van der Waals surface area (Å²) in [7, 11) is 0. The second-order valence-corrected chi connectivity index (χ2v) is 9.24. The second kappa shape index (κ2) is 5.75. The summed E-state index contributed by atoms with van der Waals surface area (Å²) in [6.45, 7) is 2.05. The minimum Gasteiger partial charge on any atom is -0.389 e. The predicted octanol–water partition coefficient (Wildman–Crippen LogP) is 3.10. The van der Waals surface area contributed by atoms with Gasteiger partial charge >= 0.3 is 0 Å². The summed E-state index contributed by atoms with van der Waals surface area (Å²) in [6.07, 6.45) is 14.6. The van der Waals surface area contributed by atoms with Crippen LogP contribution in [-0.4, -0.2) is 41.9 Å². The van der Waals surface area contributed by atoms with Crippen LogP contribution in [0.25, 0.3) is 12.0 Å². The summed E-state index contributed by atoms with van der Waals surface area (Å²) < 4.78 is 3.34. The molecule has 5 atom stereocenters. The molecule has 3 bridgehead atoms. The highest BCUT2D eigenvalue weighted by atomic mass is 16.3. The molecule has 5 unspecified atom stereocenters. The fourth-order valence-corrected chi connectivity index (χ4v) is 6.80. The molecule has 4 aliphatic rings. The molecule has 4 fully saturated rings. The highest BCUT2D eigenvalue weighted by Crippen LogP contribution is 2.76. The van der Waals surface area contributed by atoms with E-state index in [1.54, 1.807) is 21.8 Å². The molecule has 2 aromatic heterocycles. The van der Waals surface area contributed by atoms with Gasteiger partial charge in [0.25, 0.3) is 5.91 Å². The summed E-state index contributed by atoms with van der Waals surface area (Å²) in [5.74, 6) is 1.57. The van der Waals surface area contributed by atoms with E-state index in [0.717, 1.165) is 44.2 Å². The van der Waals surface area contributed by atoms with Crippen molar-refractivity contribution < 1.29 is 9.90 Å². The maximum absolute atomic E-state index is 13.3. The number of aromatic nitrogens is 4. The molecule has 150 valence electrons. The van der Waals surface area contributed by atoms with E-state index in [9.17, 15) is 9.90 Å². The lowest BCUT2D eigenvalue weighted by atomic mass is 9.53. The van der Waals surface area contributed by atoms with Gasteiger partial charge in [0, 0.05) is 35.6 Å². The number of carbonyl (C=O) groups excluding carboxylic acids is 1. The van der Waals surface area contributed by atoms with Crippen molar-refractivity contribution in [3.8, 4) is 5.82 Å². The zero-order chi connectivity index (χ0) is 19.8. The molecule has 0 aliphatic heterocycles. The molecule has 1 spiro atoms. The van der Waals surface area contributed by atoms with Crippen LogP contribution in [0.4, 0.5) is 0 Å². The van der Waals surface area contributed by atoms with Crippen LogP contribution in [0.1, 0.15) is 55.8 Å². The first-order chi connectivity index (χ1) is 14.0. The Kier molecular flexibility index (Phi) is 3.44. The van der Waals surface area contributed by atoms with Gasteiger partial charge in [-0.1, -0.05) is 13.0 Å². The molecule has 1 amide bonds. The van der Waals surface area contributed by atoms with E-state index in [2.05, 4.69) is 22.1 Å². The fourth-order valence-electron chi connectivity index (χ4n) is 6.80. The van der Waals surface area contributed by atoms with E-state index in [4.69, 9.17) is 0 Å². The van der Waals surface area contributed by atoms with E-state index in [1.165, 1.54) is 0 Å². The topological polar surface area (TPSA) is 85.3 Å². The monoisotopic (exact) mass is 391 g/mol. The first kappa shape index (κ1) is 17.3. The quantitative estimate of drug-likeness (QED) is 0.868. The van der Waals surface area contributed by atoms with Crippen LogP contribution in [0, 0.1) is 23.2 Å². The van der Waals surface area contributed by atoms with Gasteiger partial charge in [0.1, 0.15) is 5.56 Å². The average molecular weight is 391 g/mol. The number of hydrogen-bond acceptors (Lipinski definition) is 4. The van der Waals surface area contributed by atoms with Crippen LogP contribution in [0.5, 0.6) is 0 Å². The normalized spacial score (nSPS) is 38.1. The molecular formula is C22H25N5O2. The first-order valence-electron chi connectivity index (χ1n) is 10.6. The summed E-state index contributed by atoms with van der Waals surface area (Å²) in [4.78, 5) is 17.9. The third-order valence-corrected chi connectivity index (χ3v) is 7.94. The molecule has 7 nitrogen and oxygen atoms in total. The summed E-state index contributed by atoms with van der Waals surface area (Å²) in [6, 6.07) is 1.83. The van der Waals surface area contributed by atoms with Crippen LogP contribution >= 0.6 is 0 Å². The Labute approximate surface area is 169 Å². The van der Waals surface area contributed by atoms with Gasteiger partial charge in [-0.2, -0.15) is 10.2 Å². The average Bonchev–Trinajstić information content (AvgIpc) is 3.43. The molecule has 29 heavy (non-hydrogen) atoms. The second-order valence-electron chi connectivity index (χ2n) is 9.24. The molecule has 0 radical (unpaired) electrons. The molecule has 2 aromatic rings. The smallest absolute Gasteiger partial charge is 0.282 e. The number of amides is 1. The lowest BCUT2D eigenvalue weighted by molar-refractivity contribution is -0.176. The van der Waals surface area contributed by atoms with Gasteiger partial charge in [-0.25, -0.2) is 14.4 Å². The third kappa shape index (κ3) is 2.16. The standard InChI is InChI=1S/C22H25N5O2/c1-2-3-6-27-20(26-7-4-5-23-26)17(13-24-27)19(28)25-18-14-8-16-12-22(29)11-15(18)10-21(16,22)9-14/h3-7,13-16,29H,2,8-12H2,1H3/b6-3+,25-18?. The Morgan fingerprint density at radius 1 is 1.31 bits per heavy atom. The minimum absolute atomic E-state index is 0.125. The molecule has 4 saturated carbocycles. The zero-order valence-corrected chi connectivity index (χ0v) is 16.5. The van der Waals surface area contributed by atoms with Gasteiger partial charge in [-0.3, -0.25) is 4.79 Å². The van der Waals surface area contributed by atoms with Gasteiger partial charge in [-0.15, -0.1) is 0 Å². The molecule has 7 heteroatoms. The number of aliphatic hydroxyl groups is 1. The molecule has 1 N–H and O–H groups in total. The van der Waals surface area contributed by atoms with Gasteiger partial charge in [-0.05, 0) is 56.4 Å². The largest absolute Gasteiger partial charge is 0.389 e. The van der Waals surface area contributed by atoms with Crippen molar-refractivity contribution in [2.45, 2.75) is 51.0 Å². The van der Waals surface area contributed by atoms with E-state index in [1.807, 2.05) is 24.5 Å². The summed E-state index contributed by atoms with van der Waals surface area (Å²) in [5.41, 5.74) is 1.10. The lowest BCUT2D eigenvalue weighted by Crippen LogP contribution is -2.57. The van der Waals surface area contributed by atoms with Crippen LogP contribution < -0.4 is 0 Å². The van der Waals surface area contributed by atoms with Gasteiger partial charge in [0.15, 0.2) is 5.82 Å². The predicted molar refractivity (Wildman–Crippen MR) is 108 cm³/mol. The van der Waals surface area contributed by atoms with E-state index < -0.39 is 5.60 Å². The maximum atomic E-state index is 13.3. The third-order valence-electron chi connectivity index (χ3n) is 7.94. The van der Waals surface area contributed by atoms with Crippen molar-refractivity contribution in [3.63, 3.8) is 0 Å². The van der Waals surface area contributed by atoms with Crippen LogP contribution in [0.15, 0.2) is 35.7 Å². The number of nitrogens with zero attached hydrogens (tertiary/aromatic N) is 5. The maximum Gasteiger partial charge on any atom is 0.282 e. The summed E-state index contributed by atoms with van der Waals surface area (Å²) in [5, 5.41) is 19.8. The van der Waals surface area contributed by atoms with Gasteiger partial charge in [0.2, 0.25) is 0 Å². The highest BCUT2D eigenvalue weighted by molar-refractivity contribution is 6.07. The number of allylic oxidation sites excluding steroid dienone is 1. The Bertz CT molecular complexity index is 1050. The number of carbonyl (C=O) groups is 1. The molecular weight excluding hydrogens is 366 g/mol. The van der Waals surface area contributed by atoms with Crippen LogP contribution in [-0.2, 0) is 0 Å². The number of aliphatic imine (C=N–C) groups is 1. The lowest BCUT2D eigenvalue weighted by Gasteiger charge is -2.55. The molecule has 0 aromatic carbocycles. The van der Waals surface area contributed by atoms with Crippen LogP contribution in [0.2, 0.25) is 0 Å². The Hall–Kier alpha value is -2.54. The van der Waals surface area contributed by atoms with Crippen molar-refractivity contribution in [2.75, 3.05) is 0 Å². The highest BCUT2D eigenvalue weighted by Gasteiger charge is 2.75. The fraction of sp³-hybridized carbons (Fsp3) is 0.545. The zero-order valence-electron chi connectivity index (χ0n) is 16.5. The van der Waals surface area contributed by atoms with E-state index in [-0.39, 0.29) is 17.2 Å². The molecule has 4 aliphatic carbocycles. The number of hydrogen-bond donors (Lipinski definition) is 1. The van der Waals surface area contributed by atoms with E-state index in [0.29, 0.717) is 23.2 Å². The Morgan fingerprint density at radius 3 is 2.97 bits per heavy atom. The van der Waals surface area contributed by atoms with E-state index >= 15 is 0 Å². The summed E-state index contributed by atoms with van der Waals surface area (Å²) >= 11 is 0. The SMILES string of the molecule is CC/C=C/n1ncc(C(=O)N=C2C3CC4CC5(O)CC2CC45C3)c1-n1cccn1. The van der Waals surface area contributed by atoms with Crippen molar-refractivity contribution in [1.29, 1.82) is 0 Å². The number of fused-ring (bicyclic) bond motifs is 2. The molecule has 6 rings (SSSR count). The van der Waals surface area contributed by atoms with Crippen molar-refractivity contribution in [1.82, 2.24) is 19.6 Å². The minimum atomic E-state index is -0.506. The molecule has 2 heterocycles. The number of rotatable bonds is 4.